The fraction of sp³-hybridized carbons (Fsp3) is 0.188. The van der Waals surface area contributed by atoms with Crippen LogP contribution in [0.1, 0.15) is 79.0 Å². The molecule has 1 heterocycles. The largest absolute Gasteiger partial charge is 0.309 e. The molecule has 0 saturated carbocycles. The molecule has 0 fully saturated rings. The van der Waals surface area contributed by atoms with Gasteiger partial charge in [-0.15, -0.1) is 0 Å². The quantitative estimate of drug-likeness (QED) is 0.155. The molecule has 0 aliphatic heterocycles. The lowest BCUT2D eigenvalue weighted by atomic mass is 9.78. The summed E-state index contributed by atoms with van der Waals surface area (Å²) < 4.78 is 2.42. The van der Waals surface area contributed by atoms with Gasteiger partial charge in [0.1, 0.15) is 0 Å². The van der Waals surface area contributed by atoms with Crippen molar-refractivity contribution in [2.24, 2.45) is 0 Å². The molecule has 0 atom stereocenters. The van der Waals surface area contributed by atoms with Crippen molar-refractivity contribution < 1.29 is 0 Å². The average Bonchev–Trinajstić information content (AvgIpc) is 3.64. The number of para-hydroxylation sites is 4. The topological polar surface area (TPSA) is 8.17 Å². The maximum absolute atomic E-state index is 2.51. The average molecular weight is 857 g/mol. The van der Waals surface area contributed by atoms with Crippen molar-refractivity contribution in [3.63, 3.8) is 0 Å². The summed E-state index contributed by atoms with van der Waals surface area (Å²) in [5.41, 5.74) is 18.1. The van der Waals surface area contributed by atoms with Crippen molar-refractivity contribution >= 4 is 49.6 Å². The summed E-state index contributed by atoms with van der Waals surface area (Å²) in [6.45, 7) is 20.8. The minimum Gasteiger partial charge on any atom is -0.309 e. The van der Waals surface area contributed by atoms with Gasteiger partial charge in [0.2, 0.25) is 0 Å². The van der Waals surface area contributed by atoms with E-state index in [4.69, 9.17) is 0 Å². The highest BCUT2D eigenvalue weighted by Crippen LogP contribution is 2.49. The number of anilines is 3. The Morgan fingerprint density at radius 3 is 1.53 bits per heavy atom. The predicted molar refractivity (Wildman–Crippen MR) is 285 cm³/mol. The zero-order valence-corrected chi connectivity index (χ0v) is 39.9. The summed E-state index contributed by atoms with van der Waals surface area (Å²) in [5.74, 6) is 0. The van der Waals surface area contributed by atoms with Gasteiger partial charge in [-0.25, -0.2) is 0 Å². The van der Waals surface area contributed by atoms with Gasteiger partial charge in [0.15, 0.2) is 0 Å². The highest BCUT2D eigenvalue weighted by atomic mass is 15.1. The first-order chi connectivity index (χ1) is 31.6. The van der Waals surface area contributed by atoms with Crippen LogP contribution in [-0.4, -0.2) is 4.57 Å². The van der Waals surface area contributed by atoms with Crippen LogP contribution in [0.3, 0.4) is 0 Å². The van der Waals surface area contributed by atoms with Crippen LogP contribution >= 0.6 is 0 Å². The van der Waals surface area contributed by atoms with E-state index in [9.17, 15) is 0 Å². The van der Waals surface area contributed by atoms with Gasteiger partial charge in [0.25, 0.3) is 0 Å². The molecule has 0 N–H and O–H groups in total. The molecular weight excluding hydrogens is 797 g/mol. The monoisotopic (exact) mass is 856 g/mol. The van der Waals surface area contributed by atoms with Crippen LogP contribution < -0.4 is 4.90 Å². The number of benzene rings is 9. The number of fused-ring (bicyclic) bond motifs is 4. The molecule has 0 saturated heterocycles. The number of hydrogen-bond donors (Lipinski definition) is 0. The van der Waals surface area contributed by atoms with Crippen LogP contribution in [0.2, 0.25) is 0 Å². The molecule has 10 aromatic rings. The summed E-state index contributed by atoms with van der Waals surface area (Å²) in [5, 5.41) is 4.94. The summed E-state index contributed by atoms with van der Waals surface area (Å²) in [4.78, 5) is 2.51. The maximum atomic E-state index is 2.51. The minimum absolute atomic E-state index is 0.00962. The van der Waals surface area contributed by atoms with Crippen LogP contribution in [0.4, 0.5) is 17.1 Å². The molecule has 2 nitrogen and oxygen atoms in total. The normalized spacial score (nSPS) is 12.3. The molecule has 9 aromatic carbocycles. The second-order valence-corrected chi connectivity index (χ2v) is 21.1. The zero-order chi connectivity index (χ0) is 46.0. The molecule has 0 bridgehead atoms. The smallest absolute Gasteiger partial charge is 0.0561 e. The lowest BCUT2D eigenvalue weighted by Gasteiger charge is -2.30. The van der Waals surface area contributed by atoms with Gasteiger partial charge in [-0.2, -0.15) is 0 Å². The first-order valence-electron chi connectivity index (χ1n) is 23.5. The van der Waals surface area contributed by atoms with Crippen LogP contribution in [0, 0.1) is 0 Å². The summed E-state index contributed by atoms with van der Waals surface area (Å²) in [6.07, 6.45) is 0. The maximum Gasteiger partial charge on any atom is 0.0561 e. The lowest BCUT2D eigenvalue weighted by Crippen LogP contribution is -2.16. The molecular formula is C64H60N2. The first kappa shape index (κ1) is 42.8. The van der Waals surface area contributed by atoms with Crippen LogP contribution in [0.5, 0.6) is 0 Å². The van der Waals surface area contributed by atoms with E-state index in [0.717, 1.165) is 28.3 Å². The third kappa shape index (κ3) is 7.79. The van der Waals surface area contributed by atoms with E-state index in [1.54, 1.807) is 0 Å². The lowest BCUT2D eigenvalue weighted by molar-refractivity contribution is 0.569. The molecule has 326 valence electrons. The molecule has 0 radical (unpaired) electrons. The highest BCUT2D eigenvalue weighted by molar-refractivity contribution is 6.12. The van der Waals surface area contributed by atoms with Crippen molar-refractivity contribution in [1.82, 2.24) is 4.57 Å². The molecule has 66 heavy (non-hydrogen) atoms. The summed E-state index contributed by atoms with van der Waals surface area (Å²) >= 11 is 0. The summed E-state index contributed by atoms with van der Waals surface area (Å²) in [6, 6.07) is 74.7. The van der Waals surface area contributed by atoms with E-state index in [2.05, 4.69) is 272 Å². The Morgan fingerprint density at radius 2 is 0.879 bits per heavy atom. The van der Waals surface area contributed by atoms with Gasteiger partial charge in [-0.05, 0) is 108 Å². The van der Waals surface area contributed by atoms with Crippen molar-refractivity contribution in [3.05, 3.63) is 217 Å². The van der Waals surface area contributed by atoms with E-state index in [-0.39, 0.29) is 16.2 Å². The van der Waals surface area contributed by atoms with E-state index < -0.39 is 0 Å². The summed E-state index contributed by atoms with van der Waals surface area (Å²) in [7, 11) is 0. The van der Waals surface area contributed by atoms with Crippen LogP contribution in [-0.2, 0) is 16.2 Å². The van der Waals surface area contributed by atoms with Gasteiger partial charge >= 0.3 is 0 Å². The predicted octanol–water partition coefficient (Wildman–Crippen LogP) is 18.3. The van der Waals surface area contributed by atoms with Gasteiger partial charge in [-0.3, -0.25) is 0 Å². The van der Waals surface area contributed by atoms with E-state index in [1.807, 2.05) is 0 Å². The highest BCUT2D eigenvalue weighted by Gasteiger charge is 2.26. The number of nitrogens with zero attached hydrogens (tertiary/aromatic N) is 2. The molecule has 0 spiro atoms. The van der Waals surface area contributed by atoms with E-state index in [0.29, 0.717) is 0 Å². The first-order valence-corrected chi connectivity index (χ1v) is 23.5. The third-order valence-electron chi connectivity index (χ3n) is 13.5. The molecule has 10 rings (SSSR count). The van der Waals surface area contributed by atoms with Crippen molar-refractivity contribution in [1.29, 1.82) is 0 Å². The second-order valence-electron chi connectivity index (χ2n) is 21.1. The standard InChI is InChI=1S/C64H60N2/c1-62(2,3)46-35-33-43(34-36-46)51-25-13-16-30-57(51)66(50-37-38-55-53-26-14-17-31-58(53)65(60(55)42-50)49-23-11-10-12-24-49)59-32-18-15-27-54(59)56-29-20-22-44-21-19-28-52(61(44)56)45-39-47(63(4,5)6)41-48(40-45)64(7,8)9/h10-42H,1-9H3. The number of hydrogen-bond acceptors (Lipinski definition) is 1. The van der Waals surface area contributed by atoms with Crippen molar-refractivity contribution in [3.8, 4) is 39.1 Å². The van der Waals surface area contributed by atoms with Gasteiger partial charge in [0.05, 0.1) is 22.4 Å². The van der Waals surface area contributed by atoms with Gasteiger partial charge in [-0.1, -0.05) is 220 Å². The van der Waals surface area contributed by atoms with Crippen LogP contribution in [0.15, 0.2) is 200 Å². The Bertz CT molecular complexity index is 3360. The third-order valence-corrected chi connectivity index (χ3v) is 13.5. The fourth-order valence-corrected chi connectivity index (χ4v) is 9.78. The van der Waals surface area contributed by atoms with Crippen LogP contribution in [0.25, 0.3) is 71.6 Å². The zero-order valence-electron chi connectivity index (χ0n) is 39.9. The Hall–Kier alpha value is -7.16. The molecule has 2 heteroatoms. The molecule has 0 unspecified atom stereocenters. The Kier molecular flexibility index (Phi) is 10.6. The molecule has 1 aromatic heterocycles. The van der Waals surface area contributed by atoms with Crippen molar-refractivity contribution in [2.75, 3.05) is 4.90 Å². The second kappa shape index (κ2) is 16.4. The van der Waals surface area contributed by atoms with Crippen molar-refractivity contribution in [2.45, 2.75) is 78.6 Å². The minimum atomic E-state index is -0.00962. The number of aromatic nitrogens is 1. The van der Waals surface area contributed by atoms with E-state index >= 15 is 0 Å². The Labute approximate surface area is 391 Å². The SMILES string of the molecule is CC(C)(C)c1ccc(-c2ccccc2N(c2ccc3c4ccccc4n(-c4ccccc4)c3c2)c2ccccc2-c2cccc3cccc(-c4cc(C(C)(C)C)cc(C(C)(C)C)c4)c23)cc1. The molecule has 0 aliphatic carbocycles. The molecule has 0 aliphatic rings. The number of rotatable bonds is 7. The van der Waals surface area contributed by atoms with Gasteiger partial charge < -0.3 is 9.47 Å². The molecule has 0 amide bonds. The van der Waals surface area contributed by atoms with Gasteiger partial charge in [0, 0.05) is 33.3 Å². The fourth-order valence-electron chi connectivity index (χ4n) is 9.78. The Morgan fingerprint density at radius 1 is 0.348 bits per heavy atom. The Balaban J connectivity index is 1.26. The van der Waals surface area contributed by atoms with E-state index in [1.165, 1.54) is 77.1 Å².